The highest BCUT2D eigenvalue weighted by Crippen LogP contribution is 2.29. The molecule has 0 saturated carbocycles. The average Bonchev–Trinajstić information content (AvgIpc) is 2.58. The summed E-state index contributed by atoms with van der Waals surface area (Å²) in [5.41, 5.74) is 3.59. The van der Waals surface area contributed by atoms with Crippen LogP contribution in [-0.2, 0) is 10.0 Å². The van der Waals surface area contributed by atoms with Gasteiger partial charge in [-0.3, -0.25) is 0 Å². The van der Waals surface area contributed by atoms with Crippen molar-refractivity contribution in [2.45, 2.75) is 45.9 Å². The van der Waals surface area contributed by atoms with Crippen LogP contribution in [0.5, 0.6) is 0 Å². The zero-order chi connectivity index (χ0) is 18.8. The Morgan fingerprint density at radius 1 is 1.04 bits per heavy atom. The molecule has 1 aromatic rings. The van der Waals surface area contributed by atoms with Crippen molar-refractivity contribution in [3.05, 3.63) is 28.3 Å². The number of nitrogens with zero attached hydrogens (tertiary/aromatic N) is 2. The van der Waals surface area contributed by atoms with Crippen molar-refractivity contribution in [3.63, 3.8) is 0 Å². The predicted octanol–water partition coefficient (Wildman–Crippen LogP) is 2.35. The van der Waals surface area contributed by atoms with Gasteiger partial charge in [-0.1, -0.05) is 13.0 Å². The van der Waals surface area contributed by atoms with Crippen LogP contribution in [0.25, 0.3) is 0 Å². The molecule has 1 fully saturated rings. The fraction of sp³-hybridized carbons (Fsp3) is 0.611. The van der Waals surface area contributed by atoms with Crippen molar-refractivity contribution >= 4 is 16.1 Å². The van der Waals surface area contributed by atoms with Gasteiger partial charge in [0.2, 0.25) is 10.0 Å². The number of nitrogens with one attached hydrogen (secondary N) is 1. The van der Waals surface area contributed by atoms with E-state index >= 15 is 0 Å². The van der Waals surface area contributed by atoms with E-state index in [1.807, 2.05) is 40.7 Å². The van der Waals surface area contributed by atoms with Gasteiger partial charge >= 0.3 is 6.03 Å². The molecule has 25 heavy (non-hydrogen) atoms. The van der Waals surface area contributed by atoms with Gasteiger partial charge < -0.3 is 10.2 Å². The first-order chi connectivity index (χ1) is 11.7. The molecule has 1 aliphatic rings. The number of piperazine rings is 1. The minimum Gasteiger partial charge on any atom is -0.338 e. The maximum Gasteiger partial charge on any atom is 0.317 e. The summed E-state index contributed by atoms with van der Waals surface area (Å²) >= 11 is 0. The van der Waals surface area contributed by atoms with Crippen molar-refractivity contribution in [1.29, 1.82) is 0 Å². The molecule has 6 nitrogen and oxygen atoms in total. The van der Waals surface area contributed by atoms with Crippen LogP contribution in [0.4, 0.5) is 4.79 Å². The van der Waals surface area contributed by atoms with E-state index in [1.54, 1.807) is 4.90 Å². The maximum atomic E-state index is 13.2. The zero-order valence-corrected chi connectivity index (χ0v) is 16.7. The third-order valence-corrected chi connectivity index (χ3v) is 7.12. The summed E-state index contributed by atoms with van der Waals surface area (Å²) in [5.74, 6) is 0. The normalized spacial score (nSPS) is 16.1. The highest BCUT2D eigenvalue weighted by molar-refractivity contribution is 7.89. The molecule has 2 amide bonds. The van der Waals surface area contributed by atoms with Gasteiger partial charge in [-0.05, 0) is 56.4 Å². The Kier molecular flexibility index (Phi) is 6.11. The number of sulfonamides is 1. The van der Waals surface area contributed by atoms with Crippen molar-refractivity contribution in [2.75, 3.05) is 32.7 Å². The van der Waals surface area contributed by atoms with Gasteiger partial charge in [0, 0.05) is 32.7 Å². The predicted molar refractivity (Wildman–Crippen MR) is 99.4 cm³/mol. The second-order valence-electron chi connectivity index (χ2n) is 6.71. The van der Waals surface area contributed by atoms with Crippen LogP contribution < -0.4 is 5.32 Å². The lowest BCUT2D eigenvalue weighted by Gasteiger charge is -2.34. The monoisotopic (exact) mass is 367 g/mol. The minimum atomic E-state index is -3.56. The third-order valence-electron chi connectivity index (χ3n) is 4.95. The first-order valence-corrected chi connectivity index (χ1v) is 10.2. The van der Waals surface area contributed by atoms with Crippen LogP contribution in [0.15, 0.2) is 11.0 Å². The van der Waals surface area contributed by atoms with Crippen LogP contribution in [0.1, 0.15) is 35.6 Å². The largest absolute Gasteiger partial charge is 0.338 e. The van der Waals surface area contributed by atoms with E-state index in [4.69, 9.17) is 0 Å². The van der Waals surface area contributed by atoms with Crippen molar-refractivity contribution < 1.29 is 13.2 Å². The van der Waals surface area contributed by atoms with Gasteiger partial charge in [0.15, 0.2) is 0 Å². The van der Waals surface area contributed by atoms with Gasteiger partial charge in [0.25, 0.3) is 0 Å². The molecule has 0 atom stereocenters. The van der Waals surface area contributed by atoms with Gasteiger partial charge in [-0.25, -0.2) is 13.2 Å². The summed E-state index contributed by atoms with van der Waals surface area (Å²) in [6.45, 7) is 11.7. The first kappa shape index (κ1) is 19.7. The number of hydrogen-bond donors (Lipinski definition) is 1. The number of benzene rings is 1. The summed E-state index contributed by atoms with van der Waals surface area (Å²) in [5, 5.41) is 2.84. The molecule has 2 rings (SSSR count). The molecule has 1 aromatic carbocycles. The van der Waals surface area contributed by atoms with E-state index in [-0.39, 0.29) is 6.03 Å². The van der Waals surface area contributed by atoms with E-state index in [0.717, 1.165) is 28.7 Å². The Morgan fingerprint density at radius 2 is 1.56 bits per heavy atom. The number of urea groups is 1. The van der Waals surface area contributed by atoms with Crippen LogP contribution in [0.3, 0.4) is 0 Å². The second kappa shape index (κ2) is 7.74. The van der Waals surface area contributed by atoms with Gasteiger partial charge in [0.05, 0.1) is 4.90 Å². The van der Waals surface area contributed by atoms with E-state index in [9.17, 15) is 13.2 Å². The standard InChI is InChI=1S/C18H29N3O3S/c1-6-7-19-18(22)20-8-10-21(11-9-20)25(23,24)17-15(4)13(2)12-14(3)16(17)5/h12H,6-11H2,1-5H3,(H,19,22). The molecule has 1 heterocycles. The summed E-state index contributed by atoms with van der Waals surface area (Å²) < 4.78 is 27.9. The number of hydrogen-bond acceptors (Lipinski definition) is 3. The molecular weight excluding hydrogens is 338 g/mol. The summed E-state index contributed by atoms with van der Waals surface area (Å²) in [6, 6.07) is 1.91. The number of amides is 2. The zero-order valence-electron chi connectivity index (χ0n) is 15.8. The average molecular weight is 368 g/mol. The summed E-state index contributed by atoms with van der Waals surface area (Å²) in [6.07, 6.45) is 0.880. The van der Waals surface area contributed by atoms with Crippen LogP contribution >= 0.6 is 0 Å². The van der Waals surface area contributed by atoms with E-state index in [1.165, 1.54) is 4.31 Å². The number of carbonyl (C=O) groups is 1. The van der Waals surface area contributed by atoms with Gasteiger partial charge in [-0.15, -0.1) is 0 Å². The number of rotatable bonds is 4. The topological polar surface area (TPSA) is 69.7 Å². The van der Waals surface area contributed by atoms with E-state index < -0.39 is 10.0 Å². The Morgan fingerprint density at radius 3 is 2.04 bits per heavy atom. The quantitative estimate of drug-likeness (QED) is 0.888. The molecule has 140 valence electrons. The van der Waals surface area contributed by atoms with Crippen molar-refractivity contribution in [1.82, 2.24) is 14.5 Å². The highest BCUT2D eigenvalue weighted by atomic mass is 32.2. The molecule has 0 unspecified atom stereocenters. The van der Waals surface area contributed by atoms with Gasteiger partial charge in [0.1, 0.15) is 0 Å². The number of aryl methyl sites for hydroxylation is 2. The minimum absolute atomic E-state index is 0.113. The molecule has 0 bridgehead atoms. The second-order valence-corrected chi connectivity index (χ2v) is 8.59. The van der Waals surface area contributed by atoms with Gasteiger partial charge in [-0.2, -0.15) is 4.31 Å². The summed E-state index contributed by atoms with van der Waals surface area (Å²) in [4.78, 5) is 14.1. The number of carbonyl (C=O) groups excluding carboxylic acids is 1. The Bertz CT molecular complexity index is 725. The first-order valence-electron chi connectivity index (χ1n) is 8.80. The molecular formula is C18H29N3O3S. The van der Waals surface area contributed by atoms with Crippen molar-refractivity contribution in [2.24, 2.45) is 0 Å². The lowest BCUT2D eigenvalue weighted by atomic mass is 10.0. The molecule has 1 N–H and O–H groups in total. The third kappa shape index (κ3) is 3.98. The lowest BCUT2D eigenvalue weighted by molar-refractivity contribution is 0.172. The fourth-order valence-electron chi connectivity index (χ4n) is 3.17. The SMILES string of the molecule is CCCNC(=O)N1CCN(S(=O)(=O)c2c(C)c(C)cc(C)c2C)CC1. The van der Waals surface area contributed by atoms with E-state index in [2.05, 4.69) is 5.32 Å². The Hall–Kier alpha value is -1.60. The Labute approximate surface area is 151 Å². The van der Waals surface area contributed by atoms with Crippen LogP contribution in [-0.4, -0.2) is 56.4 Å². The van der Waals surface area contributed by atoms with Crippen molar-refractivity contribution in [3.8, 4) is 0 Å². The molecule has 1 aliphatic heterocycles. The molecule has 7 heteroatoms. The summed E-state index contributed by atoms with van der Waals surface area (Å²) in [7, 11) is -3.56. The molecule has 0 aromatic heterocycles. The highest BCUT2D eigenvalue weighted by Gasteiger charge is 2.32. The Balaban J connectivity index is 2.20. The van der Waals surface area contributed by atoms with Crippen LogP contribution in [0, 0.1) is 27.7 Å². The molecule has 0 spiro atoms. The maximum absolute atomic E-state index is 13.2. The molecule has 0 aliphatic carbocycles. The van der Waals surface area contributed by atoms with E-state index in [0.29, 0.717) is 37.6 Å². The van der Waals surface area contributed by atoms with Crippen LogP contribution in [0.2, 0.25) is 0 Å². The molecule has 1 saturated heterocycles. The fourth-order valence-corrected chi connectivity index (χ4v) is 5.17. The smallest absolute Gasteiger partial charge is 0.317 e. The lowest BCUT2D eigenvalue weighted by Crippen LogP contribution is -2.53. The molecule has 0 radical (unpaired) electrons.